The lowest BCUT2D eigenvalue weighted by atomic mass is 9.95. The van der Waals surface area contributed by atoms with Crippen LogP contribution >= 0.6 is 0 Å². The lowest BCUT2D eigenvalue weighted by Gasteiger charge is -2.23. The number of aliphatic hydroxyl groups excluding tert-OH is 1. The third-order valence-corrected chi connectivity index (χ3v) is 5.03. The first-order chi connectivity index (χ1) is 16.3. The van der Waals surface area contributed by atoms with Crippen LogP contribution in [0.15, 0.2) is 60.7 Å². The van der Waals surface area contributed by atoms with Crippen molar-refractivity contribution in [1.29, 1.82) is 0 Å². The van der Waals surface area contributed by atoms with Gasteiger partial charge in [-0.3, -0.25) is 4.79 Å². The second-order valence-electron chi connectivity index (χ2n) is 7.14. The summed E-state index contributed by atoms with van der Waals surface area (Å²) < 4.78 is 68.5. The number of halogens is 4. The summed E-state index contributed by atoms with van der Waals surface area (Å²) >= 11 is 0. The van der Waals surface area contributed by atoms with Crippen molar-refractivity contribution >= 4 is 11.9 Å². The van der Waals surface area contributed by atoms with E-state index in [-0.39, 0.29) is 6.61 Å². The van der Waals surface area contributed by atoms with Gasteiger partial charge in [-0.1, -0.05) is 60.7 Å². The molecule has 3 aromatic carbocycles. The summed E-state index contributed by atoms with van der Waals surface area (Å²) in [5.41, 5.74) is -1.95. The molecular formula is C25H20F4O5. The first kappa shape index (κ1) is 24.9. The van der Waals surface area contributed by atoms with Crippen LogP contribution in [-0.2, 0) is 14.3 Å². The van der Waals surface area contributed by atoms with E-state index in [0.717, 1.165) is 0 Å². The molecule has 0 aliphatic heterocycles. The summed E-state index contributed by atoms with van der Waals surface area (Å²) in [5, 5.41) is 9.73. The van der Waals surface area contributed by atoms with E-state index < -0.39 is 65.0 Å². The fourth-order valence-electron chi connectivity index (χ4n) is 3.40. The Hall–Kier alpha value is -3.72. The molecule has 0 bridgehead atoms. The Kier molecular flexibility index (Phi) is 8.01. The van der Waals surface area contributed by atoms with Gasteiger partial charge in [0.1, 0.15) is 11.5 Å². The van der Waals surface area contributed by atoms with E-state index in [4.69, 9.17) is 4.74 Å². The number of hydrogen-bond acceptors (Lipinski definition) is 5. The maximum absolute atomic E-state index is 14.8. The van der Waals surface area contributed by atoms with Crippen molar-refractivity contribution in [3.8, 4) is 0 Å². The average molecular weight is 476 g/mol. The molecule has 34 heavy (non-hydrogen) atoms. The minimum Gasteiger partial charge on any atom is -0.462 e. The second-order valence-corrected chi connectivity index (χ2v) is 7.14. The van der Waals surface area contributed by atoms with Gasteiger partial charge in [-0.15, -0.1) is 0 Å². The van der Waals surface area contributed by atoms with E-state index in [2.05, 4.69) is 4.74 Å². The van der Waals surface area contributed by atoms with Gasteiger partial charge in [-0.25, -0.2) is 22.4 Å². The van der Waals surface area contributed by atoms with Crippen LogP contribution in [0.1, 0.15) is 46.0 Å². The summed E-state index contributed by atoms with van der Waals surface area (Å²) in [6.07, 6.45) is -1.04. The van der Waals surface area contributed by atoms with Gasteiger partial charge in [0.2, 0.25) is 0 Å². The lowest BCUT2D eigenvalue weighted by Crippen LogP contribution is -2.26. The van der Waals surface area contributed by atoms with Crippen molar-refractivity contribution in [3.63, 3.8) is 0 Å². The Labute approximate surface area is 192 Å². The smallest absolute Gasteiger partial charge is 0.344 e. The zero-order valence-electron chi connectivity index (χ0n) is 17.9. The molecule has 0 aliphatic rings. The van der Waals surface area contributed by atoms with Gasteiger partial charge in [-0.2, -0.15) is 0 Å². The van der Waals surface area contributed by atoms with Crippen LogP contribution in [0.2, 0.25) is 0 Å². The number of esters is 2. The first-order valence-corrected chi connectivity index (χ1v) is 10.3. The second kappa shape index (κ2) is 10.9. The van der Waals surface area contributed by atoms with Gasteiger partial charge >= 0.3 is 11.9 Å². The lowest BCUT2D eigenvalue weighted by molar-refractivity contribution is -0.150. The minimum absolute atomic E-state index is 0.297. The molecule has 0 fully saturated rings. The first-order valence-electron chi connectivity index (χ1n) is 10.3. The predicted molar refractivity (Wildman–Crippen MR) is 113 cm³/mol. The number of hydrogen-bond donors (Lipinski definition) is 1. The number of carbonyl (C=O) groups excluding carboxylic acids is 2. The Morgan fingerprint density at radius 2 is 1.29 bits per heavy atom. The average Bonchev–Trinajstić information content (AvgIpc) is 2.85. The fourth-order valence-corrected chi connectivity index (χ4v) is 3.40. The fraction of sp³-hybridized carbons (Fsp3) is 0.200. The van der Waals surface area contributed by atoms with Crippen LogP contribution in [0.4, 0.5) is 17.6 Å². The molecule has 0 heterocycles. The van der Waals surface area contributed by atoms with E-state index in [1.807, 2.05) is 0 Å². The van der Waals surface area contributed by atoms with Crippen LogP contribution in [0, 0.1) is 23.3 Å². The van der Waals surface area contributed by atoms with Gasteiger partial charge in [0.05, 0.1) is 13.2 Å². The molecule has 0 saturated carbocycles. The molecule has 3 rings (SSSR count). The quantitative estimate of drug-likeness (QED) is 0.287. The molecule has 178 valence electrons. The standard InChI is InChI=1S/C25H20F4O5/c1-2-33-25(32)18-21(28)19(26)17(20(27)22(18)29)16(13-30)24(31)34-23(14-9-5-3-6-10-14)15-11-7-4-8-12-15/h3-12,16,23,30H,2,13H2,1H3. The molecule has 3 aromatic rings. The van der Waals surface area contributed by atoms with Crippen molar-refractivity contribution < 1.29 is 41.7 Å². The highest BCUT2D eigenvalue weighted by Crippen LogP contribution is 2.33. The largest absolute Gasteiger partial charge is 0.462 e. The normalized spacial score (nSPS) is 11.9. The van der Waals surface area contributed by atoms with Gasteiger partial charge in [0.25, 0.3) is 0 Å². The molecule has 0 aromatic heterocycles. The van der Waals surface area contributed by atoms with Crippen LogP contribution in [0.3, 0.4) is 0 Å². The Morgan fingerprint density at radius 1 is 0.824 bits per heavy atom. The Balaban J connectivity index is 2.03. The molecule has 0 aliphatic carbocycles. The van der Waals surface area contributed by atoms with Gasteiger partial charge in [-0.05, 0) is 18.1 Å². The van der Waals surface area contributed by atoms with Crippen molar-refractivity contribution in [2.75, 3.05) is 13.2 Å². The van der Waals surface area contributed by atoms with E-state index in [1.54, 1.807) is 60.7 Å². The maximum atomic E-state index is 14.8. The number of carbonyl (C=O) groups is 2. The minimum atomic E-state index is -2.12. The van der Waals surface area contributed by atoms with Crippen LogP contribution in [0.5, 0.6) is 0 Å². The SMILES string of the molecule is CCOC(=O)c1c(F)c(F)c(C(CO)C(=O)OC(c2ccccc2)c2ccccc2)c(F)c1F. The summed E-state index contributed by atoms with van der Waals surface area (Å²) in [7, 11) is 0. The van der Waals surface area contributed by atoms with Crippen LogP contribution in [0.25, 0.3) is 0 Å². The highest BCUT2D eigenvalue weighted by Gasteiger charge is 2.37. The molecule has 5 nitrogen and oxygen atoms in total. The van der Waals surface area contributed by atoms with Gasteiger partial charge in [0.15, 0.2) is 29.4 Å². The summed E-state index contributed by atoms with van der Waals surface area (Å²) in [5.74, 6) is -13.2. The van der Waals surface area contributed by atoms with Crippen molar-refractivity contribution in [3.05, 3.63) is 106 Å². The molecular weight excluding hydrogens is 456 g/mol. The molecule has 0 spiro atoms. The third kappa shape index (κ3) is 4.94. The van der Waals surface area contributed by atoms with E-state index in [0.29, 0.717) is 11.1 Å². The molecule has 9 heteroatoms. The number of rotatable bonds is 8. The topological polar surface area (TPSA) is 72.8 Å². The molecule has 1 atom stereocenters. The van der Waals surface area contributed by atoms with E-state index >= 15 is 0 Å². The monoisotopic (exact) mass is 476 g/mol. The number of aliphatic hydroxyl groups is 1. The molecule has 0 radical (unpaired) electrons. The molecule has 0 amide bonds. The van der Waals surface area contributed by atoms with Crippen molar-refractivity contribution in [2.45, 2.75) is 18.9 Å². The number of ether oxygens (including phenoxy) is 2. The van der Waals surface area contributed by atoms with Crippen LogP contribution < -0.4 is 0 Å². The third-order valence-electron chi connectivity index (χ3n) is 5.03. The maximum Gasteiger partial charge on any atom is 0.344 e. The summed E-state index contributed by atoms with van der Waals surface area (Å²) in [6.45, 7) is -0.183. The zero-order chi connectivity index (χ0) is 24.8. The zero-order valence-corrected chi connectivity index (χ0v) is 17.9. The van der Waals surface area contributed by atoms with Crippen molar-refractivity contribution in [1.82, 2.24) is 0 Å². The predicted octanol–water partition coefficient (Wildman–Crippen LogP) is 4.83. The number of benzene rings is 3. The molecule has 1 unspecified atom stereocenters. The molecule has 1 N–H and O–H groups in total. The highest BCUT2D eigenvalue weighted by atomic mass is 19.2. The van der Waals surface area contributed by atoms with Crippen molar-refractivity contribution in [2.24, 2.45) is 0 Å². The van der Waals surface area contributed by atoms with Gasteiger partial charge < -0.3 is 14.6 Å². The van der Waals surface area contributed by atoms with Crippen LogP contribution in [-0.4, -0.2) is 30.3 Å². The summed E-state index contributed by atoms with van der Waals surface area (Å²) in [4.78, 5) is 24.7. The molecule has 0 saturated heterocycles. The Morgan fingerprint density at radius 3 is 1.71 bits per heavy atom. The van der Waals surface area contributed by atoms with E-state index in [1.165, 1.54) is 6.92 Å². The highest BCUT2D eigenvalue weighted by molar-refractivity contribution is 5.90. The Bertz CT molecular complexity index is 1100. The summed E-state index contributed by atoms with van der Waals surface area (Å²) in [6, 6.07) is 16.8. The van der Waals surface area contributed by atoms with E-state index in [9.17, 15) is 32.3 Å². The van der Waals surface area contributed by atoms with Gasteiger partial charge in [0, 0.05) is 5.56 Å².